The van der Waals surface area contributed by atoms with E-state index in [9.17, 15) is 4.79 Å². The fourth-order valence-electron chi connectivity index (χ4n) is 2.58. The minimum absolute atomic E-state index is 0.0879. The maximum Gasteiger partial charge on any atom is 0.255 e. The van der Waals surface area contributed by atoms with E-state index in [1.807, 2.05) is 0 Å². The van der Waals surface area contributed by atoms with E-state index in [1.54, 1.807) is 50.6 Å². The zero-order valence-corrected chi connectivity index (χ0v) is 15.4. The van der Waals surface area contributed by atoms with Crippen LogP contribution in [-0.2, 0) is 0 Å². The van der Waals surface area contributed by atoms with Gasteiger partial charge in [-0.3, -0.25) is 4.79 Å². The average molecular weight is 357 g/mol. The molecule has 0 unspecified atom stereocenters. The lowest BCUT2D eigenvalue weighted by Gasteiger charge is -2.19. The normalized spacial score (nSPS) is 14.9. The quantitative estimate of drug-likeness (QED) is 0.903. The average Bonchev–Trinajstić information content (AvgIpc) is 2.79. The van der Waals surface area contributed by atoms with Crippen LogP contribution in [0.5, 0.6) is 23.0 Å². The largest absolute Gasteiger partial charge is 0.497 e. The Hall–Kier alpha value is -2.89. The summed E-state index contributed by atoms with van der Waals surface area (Å²) in [6.45, 7) is 5.23. The summed E-state index contributed by atoms with van der Waals surface area (Å²) >= 11 is 0. The first-order valence-electron chi connectivity index (χ1n) is 8.35. The summed E-state index contributed by atoms with van der Waals surface area (Å²) in [5, 5.41) is 2.85. The summed E-state index contributed by atoms with van der Waals surface area (Å²) in [5.74, 6) is 2.12. The van der Waals surface area contributed by atoms with Gasteiger partial charge in [0.2, 0.25) is 0 Å². The molecule has 2 aromatic rings. The number of benzene rings is 2. The first-order chi connectivity index (χ1) is 12.4. The summed E-state index contributed by atoms with van der Waals surface area (Å²) in [7, 11) is 3.12. The minimum Gasteiger partial charge on any atom is -0.497 e. The molecule has 1 amide bonds. The standard InChI is InChI=1S/C20H23NO5/c1-20(2)11-25-17-7-5-13(9-18(17)26-12-20)19(22)21-15-10-14(23-3)6-8-16(15)24-4/h5-10H,11-12H2,1-4H3,(H,21,22). The molecule has 1 aliphatic heterocycles. The smallest absolute Gasteiger partial charge is 0.255 e. The summed E-state index contributed by atoms with van der Waals surface area (Å²) in [5.41, 5.74) is 0.914. The van der Waals surface area contributed by atoms with Crippen LogP contribution in [0.2, 0.25) is 0 Å². The molecule has 3 rings (SSSR count). The van der Waals surface area contributed by atoms with Gasteiger partial charge in [0, 0.05) is 17.0 Å². The number of carbonyl (C=O) groups is 1. The zero-order chi connectivity index (χ0) is 18.7. The van der Waals surface area contributed by atoms with Gasteiger partial charge in [-0.1, -0.05) is 13.8 Å². The van der Waals surface area contributed by atoms with E-state index in [4.69, 9.17) is 18.9 Å². The van der Waals surface area contributed by atoms with Crippen molar-refractivity contribution in [1.82, 2.24) is 0 Å². The monoisotopic (exact) mass is 357 g/mol. The summed E-state index contributed by atoms with van der Waals surface area (Å²) in [4.78, 5) is 12.7. The van der Waals surface area contributed by atoms with Crippen molar-refractivity contribution in [1.29, 1.82) is 0 Å². The highest BCUT2D eigenvalue weighted by Crippen LogP contribution is 2.35. The molecule has 138 valence electrons. The van der Waals surface area contributed by atoms with Gasteiger partial charge < -0.3 is 24.3 Å². The van der Waals surface area contributed by atoms with Gasteiger partial charge in [0.25, 0.3) is 5.91 Å². The molecule has 0 atom stereocenters. The zero-order valence-electron chi connectivity index (χ0n) is 15.4. The number of methoxy groups -OCH3 is 2. The van der Waals surface area contributed by atoms with E-state index < -0.39 is 0 Å². The van der Waals surface area contributed by atoms with Gasteiger partial charge in [0.05, 0.1) is 33.1 Å². The first-order valence-corrected chi connectivity index (χ1v) is 8.35. The highest BCUT2D eigenvalue weighted by atomic mass is 16.5. The van der Waals surface area contributed by atoms with Crippen molar-refractivity contribution >= 4 is 11.6 Å². The molecule has 26 heavy (non-hydrogen) atoms. The third kappa shape index (κ3) is 3.85. The molecular weight excluding hydrogens is 334 g/mol. The van der Waals surface area contributed by atoms with Crippen LogP contribution in [0, 0.1) is 5.41 Å². The minimum atomic E-state index is -0.272. The fourth-order valence-corrected chi connectivity index (χ4v) is 2.58. The van der Waals surface area contributed by atoms with Crippen molar-refractivity contribution in [2.45, 2.75) is 13.8 Å². The second kappa shape index (κ2) is 7.15. The molecule has 0 bridgehead atoms. The van der Waals surface area contributed by atoms with Crippen molar-refractivity contribution in [2.75, 3.05) is 32.8 Å². The van der Waals surface area contributed by atoms with Gasteiger partial charge in [-0.2, -0.15) is 0 Å². The lowest BCUT2D eigenvalue weighted by atomic mass is 9.97. The maximum atomic E-state index is 12.7. The van der Waals surface area contributed by atoms with Crippen LogP contribution >= 0.6 is 0 Å². The Balaban J connectivity index is 1.83. The van der Waals surface area contributed by atoms with Crippen LogP contribution in [-0.4, -0.2) is 33.3 Å². The molecular formula is C20H23NO5. The van der Waals surface area contributed by atoms with Crippen molar-refractivity contribution in [3.05, 3.63) is 42.0 Å². The van der Waals surface area contributed by atoms with Crippen LogP contribution in [0.4, 0.5) is 5.69 Å². The second-order valence-corrected chi connectivity index (χ2v) is 6.92. The van der Waals surface area contributed by atoms with Crippen molar-refractivity contribution in [2.24, 2.45) is 5.41 Å². The van der Waals surface area contributed by atoms with Gasteiger partial charge in [0.1, 0.15) is 11.5 Å². The highest BCUT2D eigenvalue weighted by molar-refractivity contribution is 6.05. The Morgan fingerprint density at radius 3 is 2.42 bits per heavy atom. The predicted octanol–water partition coefficient (Wildman–Crippen LogP) is 3.75. The number of carbonyl (C=O) groups excluding carboxylic acids is 1. The molecule has 0 fully saturated rings. The van der Waals surface area contributed by atoms with Crippen LogP contribution in [0.3, 0.4) is 0 Å². The van der Waals surface area contributed by atoms with Crippen LogP contribution in [0.1, 0.15) is 24.2 Å². The molecule has 1 aliphatic rings. The molecule has 0 saturated carbocycles. The SMILES string of the molecule is COc1ccc(OC)c(NC(=O)c2ccc3c(c2)OCC(C)(C)CO3)c1. The molecule has 0 aliphatic carbocycles. The van der Waals surface area contributed by atoms with E-state index >= 15 is 0 Å². The summed E-state index contributed by atoms with van der Waals surface area (Å²) in [6.07, 6.45) is 0. The number of fused-ring (bicyclic) bond motifs is 1. The molecule has 0 radical (unpaired) electrons. The topological polar surface area (TPSA) is 66.0 Å². The van der Waals surface area contributed by atoms with Crippen LogP contribution in [0.25, 0.3) is 0 Å². The Labute approximate surface area is 153 Å². The number of nitrogens with one attached hydrogen (secondary N) is 1. The molecule has 0 spiro atoms. The molecule has 2 aromatic carbocycles. The summed E-state index contributed by atoms with van der Waals surface area (Å²) < 4.78 is 22.1. The van der Waals surface area contributed by atoms with Crippen molar-refractivity contribution in [3.63, 3.8) is 0 Å². The molecule has 0 saturated heterocycles. The Morgan fingerprint density at radius 2 is 1.73 bits per heavy atom. The second-order valence-electron chi connectivity index (χ2n) is 6.92. The number of anilines is 1. The number of hydrogen-bond donors (Lipinski definition) is 1. The lowest BCUT2D eigenvalue weighted by molar-refractivity contribution is 0.102. The van der Waals surface area contributed by atoms with E-state index in [-0.39, 0.29) is 11.3 Å². The number of amides is 1. The van der Waals surface area contributed by atoms with Gasteiger partial charge in [-0.05, 0) is 30.3 Å². The number of hydrogen-bond acceptors (Lipinski definition) is 5. The molecule has 0 aromatic heterocycles. The van der Waals surface area contributed by atoms with Gasteiger partial charge in [-0.25, -0.2) is 0 Å². The van der Waals surface area contributed by atoms with Crippen molar-refractivity contribution in [3.8, 4) is 23.0 Å². The van der Waals surface area contributed by atoms with E-state index in [0.29, 0.717) is 47.5 Å². The van der Waals surface area contributed by atoms with Crippen LogP contribution < -0.4 is 24.3 Å². The van der Waals surface area contributed by atoms with E-state index in [1.165, 1.54) is 0 Å². The summed E-state index contributed by atoms with van der Waals surface area (Å²) in [6, 6.07) is 10.4. The van der Waals surface area contributed by atoms with Gasteiger partial charge in [0.15, 0.2) is 11.5 Å². The molecule has 6 heteroatoms. The molecule has 1 N–H and O–H groups in total. The lowest BCUT2D eigenvalue weighted by Crippen LogP contribution is -2.26. The Kier molecular flexibility index (Phi) is 4.93. The third-order valence-electron chi connectivity index (χ3n) is 4.10. The molecule has 6 nitrogen and oxygen atoms in total. The van der Waals surface area contributed by atoms with Gasteiger partial charge >= 0.3 is 0 Å². The van der Waals surface area contributed by atoms with E-state index in [2.05, 4.69) is 19.2 Å². The molecule has 1 heterocycles. The number of ether oxygens (including phenoxy) is 4. The maximum absolute atomic E-state index is 12.7. The third-order valence-corrected chi connectivity index (χ3v) is 4.10. The number of rotatable bonds is 4. The first kappa shape index (κ1) is 17.9. The van der Waals surface area contributed by atoms with Crippen LogP contribution in [0.15, 0.2) is 36.4 Å². The van der Waals surface area contributed by atoms with Crippen molar-refractivity contribution < 1.29 is 23.7 Å². The Morgan fingerprint density at radius 1 is 1.00 bits per heavy atom. The highest BCUT2D eigenvalue weighted by Gasteiger charge is 2.25. The van der Waals surface area contributed by atoms with E-state index in [0.717, 1.165) is 0 Å². The fraction of sp³-hybridized carbons (Fsp3) is 0.350. The predicted molar refractivity (Wildman–Crippen MR) is 98.7 cm³/mol. The Bertz CT molecular complexity index is 816. The van der Waals surface area contributed by atoms with Gasteiger partial charge in [-0.15, -0.1) is 0 Å².